The van der Waals surface area contributed by atoms with Crippen molar-refractivity contribution in [2.45, 2.75) is 6.92 Å². The molecule has 8 heavy (non-hydrogen) atoms. The van der Waals surface area contributed by atoms with Crippen LogP contribution in [-0.4, -0.2) is 17.9 Å². The molecule has 0 amide bonds. The average molecular weight is 111 g/mol. The van der Waals surface area contributed by atoms with Crippen LogP contribution in [-0.2, 0) is 0 Å². The van der Waals surface area contributed by atoms with Gasteiger partial charge < -0.3 is 10.3 Å². The Balaban J connectivity index is 2.63. The van der Waals surface area contributed by atoms with Gasteiger partial charge in [0.25, 0.3) is 0 Å². The number of hydrogen-bond donors (Lipinski definition) is 0. The monoisotopic (exact) mass is 111 g/mol. The Kier molecular flexibility index (Phi) is 1.30. The summed E-state index contributed by atoms with van der Waals surface area (Å²) in [6.45, 7) is 2.09. The highest BCUT2D eigenvalue weighted by Crippen LogP contribution is 1.98. The summed E-state index contributed by atoms with van der Waals surface area (Å²) in [5.74, 6) is 0. The van der Waals surface area contributed by atoms with Crippen molar-refractivity contribution in [3.8, 4) is 0 Å². The molecule has 1 aliphatic rings. The van der Waals surface area contributed by atoms with Crippen molar-refractivity contribution >= 4 is 6.21 Å². The smallest absolute Gasteiger partial charge is 0.0993 e. The minimum Gasteiger partial charge on any atom is -0.757 e. The summed E-state index contributed by atoms with van der Waals surface area (Å²) in [6.07, 6.45) is 3.21. The van der Waals surface area contributed by atoms with E-state index < -0.39 is 0 Å². The fourth-order valence-electron chi connectivity index (χ4n) is 0.567. The van der Waals surface area contributed by atoms with Crippen LogP contribution in [0.3, 0.4) is 0 Å². The lowest BCUT2D eigenvalue weighted by Gasteiger charge is -2.26. The molecule has 1 heterocycles. The van der Waals surface area contributed by atoms with Crippen molar-refractivity contribution in [3.63, 3.8) is 0 Å². The Labute approximate surface area is 47.9 Å². The van der Waals surface area contributed by atoms with Crippen LogP contribution >= 0.6 is 0 Å². The summed E-state index contributed by atoms with van der Waals surface area (Å²) < 4.78 is 0. The van der Waals surface area contributed by atoms with Gasteiger partial charge in [-0.05, 0) is 18.7 Å². The second kappa shape index (κ2) is 1.96. The van der Waals surface area contributed by atoms with E-state index >= 15 is 0 Å². The minimum atomic E-state index is 0.247. The minimum absolute atomic E-state index is 0.247. The van der Waals surface area contributed by atoms with Crippen LogP contribution in [0.5, 0.6) is 0 Å². The third-order valence-corrected chi connectivity index (χ3v) is 0.864. The van der Waals surface area contributed by atoms with Crippen LogP contribution in [0.2, 0.25) is 0 Å². The number of nitrogens with zero attached hydrogens (tertiary/aromatic N) is 2. The molecule has 0 aromatic rings. The highest BCUT2D eigenvalue weighted by molar-refractivity contribution is 5.78. The molecule has 0 radical (unpaired) electrons. The molecule has 0 saturated heterocycles. The normalized spacial score (nSPS) is 18.8. The van der Waals surface area contributed by atoms with Gasteiger partial charge in [-0.15, -0.1) is 0 Å². The molecule has 3 heteroatoms. The molecule has 0 spiro atoms. The SMILES string of the molecule is CC1=CN([O-])CN=C1. The first-order valence-corrected chi connectivity index (χ1v) is 2.41. The molecular weight excluding hydrogens is 104 g/mol. The number of rotatable bonds is 0. The third kappa shape index (κ3) is 1.07. The highest BCUT2D eigenvalue weighted by Gasteiger charge is 1.89. The van der Waals surface area contributed by atoms with Gasteiger partial charge in [-0.3, -0.25) is 4.99 Å². The van der Waals surface area contributed by atoms with Crippen LogP contribution in [0, 0.1) is 5.21 Å². The van der Waals surface area contributed by atoms with Crippen molar-refractivity contribution in [2.75, 3.05) is 6.67 Å². The number of hydrogen-bond acceptors (Lipinski definition) is 3. The van der Waals surface area contributed by atoms with Crippen LogP contribution in [0.4, 0.5) is 0 Å². The Morgan fingerprint density at radius 3 is 3.00 bits per heavy atom. The molecule has 44 valence electrons. The molecule has 0 bridgehead atoms. The molecule has 0 fully saturated rings. The van der Waals surface area contributed by atoms with E-state index in [2.05, 4.69) is 4.99 Å². The van der Waals surface area contributed by atoms with E-state index in [1.54, 1.807) is 6.21 Å². The topological polar surface area (TPSA) is 38.7 Å². The maximum absolute atomic E-state index is 10.4. The first-order valence-electron chi connectivity index (χ1n) is 2.41. The fraction of sp³-hybridized carbons (Fsp3) is 0.400. The van der Waals surface area contributed by atoms with Gasteiger partial charge in [-0.1, -0.05) is 0 Å². The summed E-state index contributed by atoms with van der Waals surface area (Å²) in [6, 6.07) is 0. The predicted molar refractivity (Wildman–Crippen MR) is 32.3 cm³/mol. The largest absolute Gasteiger partial charge is 0.757 e. The van der Waals surface area contributed by atoms with Crippen molar-refractivity contribution in [1.82, 2.24) is 5.06 Å². The molecule has 0 N–H and O–H groups in total. The molecule has 1 rings (SSSR count). The maximum atomic E-state index is 10.4. The number of aliphatic imine (C=N–C) groups is 1. The van der Waals surface area contributed by atoms with E-state index in [4.69, 9.17) is 0 Å². The number of hydroxylamine groups is 2. The molecule has 0 unspecified atom stereocenters. The van der Waals surface area contributed by atoms with E-state index in [9.17, 15) is 5.21 Å². The standard InChI is InChI=1S/C5H7N2O/c1-5-2-6-4-7(8)3-5/h2-3H,4H2,1H3/q-1. The second-order valence-electron chi connectivity index (χ2n) is 1.74. The van der Waals surface area contributed by atoms with Crippen molar-refractivity contribution in [2.24, 2.45) is 4.99 Å². The average Bonchev–Trinajstić information content (AvgIpc) is 1.64. The van der Waals surface area contributed by atoms with Crippen molar-refractivity contribution < 1.29 is 0 Å². The summed E-state index contributed by atoms with van der Waals surface area (Å²) in [5, 5.41) is 11.2. The first kappa shape index (κ1) is 5.31. The summed E-state index contributed by atoms with van der Waals surface area (Å²) >= 11 is 0. The Morgan fingerprint density at radius 2 is 2.62 bits per heavy atom. The zero-order valence-electron chi connectivity index (χ0n) is 4.66. The maximum Gasteiger partial charge on any atom is 0.0993 e. The molecule has 0 atom stereocenters. The quantitative estimate of drug-likeness (QED) is 0.462. The Morgan fingerprint density at radius 1 is 1.88 bits per heavy atom. The van der Waals surface area contributed by atoms with Crippen LogP contribution in [0.25, 0.3) is 0 Å². The third-order valence-electron chi connectivity index (χ3n) is 0.864. The van der Waals surface area contributed by atoms with Gasteiger partial charge in [0, 0.05) is 6.21 Å². The molecule has 0 aromatic carbocycles. The van der Waals surface area contributed by atoms with Crippen LogP contribution in [0.15, 0.2) is 16.8 Å². The van der Waals surface area contributed by atoms with E-state index in [0.717, 1.165) is 10.6 Å². The Hall–Kier alpha value is -0.830. The van der Waals surface area contributed by atoms with Gasteiger partial charge in [0.1, 0.15) is 0 Å². The summed E-state index contributed by atoms with van der Waals surface area (Å²) in [7, 11) is 0. The van der Waals surface area contributed by atoms with Crippen molar-refractivity contribution in [3.05, 3.63) is 17.0 Å². The van der Waals surface area contributed by atoms with Gasteiger partial charge in [0.15, 0.2) is 0 Å². The van der Waals surface area contributed by atoms with E-state index in [1.807, 2.05) is 6.92 Å². The summed E-state index contributed by atoms with van der Waals surface area (Å²) in [5.41, 5.74) is 0.909. The van der Waals surface area contributed by atoms with Gasteiger partial charge in [-0.2, -0.15) is 0 Å². The number of allylic oxidation sites excluding steroid dienone is 1. The molecular formula is C5H7N2O-. The fourth-order valence-corrected chi connectivity index (χ4v) is 0.567. The molecule has 3 nitrogen and oxygen atoms in total. The first-order chi connectivity index (χ1) is 3.79. The lowest BCUT2D eigenvalue weighted by Crippen LogP contribution is -2.12. The van der Waals surface area contributed by atoms with Crippen LogP contribution in [0.1, 0.15) is 6.92 Å². The van der Waals surface area contributed by atoms with E-state index in [-0.39, 0.29) is 6.67 Å². The molecule has 0 aromatic heterocycles. The zero-order valence-corrected chi connectivity index (χ0v) is 4.66. The Bertz CT molecular complexity index is 139. The molecule has 0 aliphatic carbocycles. The predicted octanol–water partition coefficient (Wildman–Crippen LogP) is 0.732. The van der Waals surface area contributed by atoms with Gasteiger partial charge in [0.2, 0.25) is 0 Å². The van der Waals surface area contributed by atoms with Crippen LogP contribution < -0.4 is 0 Å². The van der Waals surface area contributed by atoms with Gasteiger partial charge >= 0.3 is 0 Å². The highest BCUT2D eigenvalue weighted by atomic mass is 16.5. The molecule has 1 aliphatic heterocycles. The van der Waals surface area contributed by atoms with Gasteiger partial charge in [0.05, 0.1) is 6.67 Å². The molecule has 0 saturated carbocycles. The summed E-state index contributed by atoms with van der Waals surface area (Å²) in [4.78, 5) is 3.76. The second-order valence-corrected chi connectivity index (χ2v) is 1.74. The lowest BCUT2D eigenvalue weighted by molar-refractivity contribution is 0.519. The lowest BCUT2D eigenvalue weighted by atomic mass is 10.3. The van der Waals surface area contributed by atoms with E-state index in [0.29, 0.717) is 0 Å². The van der Waals surface area contributed by atoms with Crippen molar-refractivity contribution in [1.29, 1.82) is 0 Å². The zero-order chi connectivity index (χ0) is 5.98. The van der Waals surface area contributed by atoms with Gasteiger partial charge in [-0.25, -0.2) is 0 Å². The van der Waals surface area contributed by atoms with E-state index in [1.165, 1.54) is 6.20 Å².